The summed E-state index contributed by atoms with van der Waals surface area (Å²) in [6, 6.07) is 12.6. The summed E-state index contributed by atoms with van der Waals surface area (Å²) in [5, 5.41) is 2.84. The van der Waals surface area contributed by atoms with Crippen LogP contribution in [0.15, 0.2) is 70.5 Å². The van der Waals surface area contributed by atoms with Crippen LogP contribution in [0.25, 0.3) is 0 Å². The molecule has 0 spiro atoms. The highest BCUT2D eigenvalue weighted by Gasteiger charge is 2.22. The van der Waals surface area contributed by atoms with Gasteiger partial charge in [-0.2, -0.15) is 0 Å². The molecule has 3 aromatic carbocycles. The Kier molecular flexibility index (Phi) is 7.49. The molecule has 0 saturated heterocycles. The fraction of sp³-hybridized carbons (Fsp3) is 0.136. The van der Waals surface area contributed by atoms with E-state index in [1.54, 1.807) is 0 Å². The van der Waals surface area contributed by atoms with Crippen LogP contribution in [-0.2, 0) is 19.9 Å². The number of rotatable bonds is 8. The van der Waals surface area contributed by atoms with Gasteiger partial charge in [0, 0.05) is 16.4 Å². The molecule has 0 aliphatic heterocycles. The van der Waals surface area contributed by atoms with E-state index >= 15 is 0 Å². The molecule has 0 atom stereocenters. The number of amides is 1. The van der Waals surface area contributed by atoms with Gasteiger partial charge in [-0.05, 0) is 60.7 Å². The van der Waals surface area contributed by atoms with E-state index in [-0.39, 0.29) is 33.3 Å². The van der Waals surface area contributed by atoms with Crippen molar-refractivity contribution in [3.8, 4) is 5.75 Å². The summed E-state index contributed by atoms with van der Waals surface area (Å²) >= 11 is 5.79. The number of ether oxygens (including phenoxy) is 1. The molecule has 180 valence electrons. The van der Waals surface area contributed by atoms with Crippen LogP contribution in [-0.4, -0.2) is 35.6 Å². The first kappa shape index (κ1) is 25.5. The first-order valence-electron chi connectivity index (χ1n) is 9.77. The van der Waals surface area contributed by atoms with Gasteiger partial charge in [0.05, 0.1) is 23.3 Å². The lowest BCUT2D eigenvalue weighted by Gasteiger charge is -2.13. The van der Waals surface area contributed by atoms with E-state index in [0.29, 0.717) is 5.02 Å². The average molecular weight is 527 g/mol. The SMILES string of the molecule is CCS(=O)(=O)c1ccc(OC)c(C(=O)Nc2ccc(F)c(S(=O)(=O)Nc3ccc(Cl)cc3)c2)c1. The lowest BCUT2D eigenvalue weighted by Crippen LogP contribution is -2.17. The second-order valence-electron chi connectivity index (χ2n) is 6.98. The second kappa shape index (κ2) is 10.00. The van der Waals surface area contributed by atoms with E-state index in [1.807, 2.05) is 0 Å². The van der Waals surface area contributed by atoms with Crippen LogP contribution in [0, 0.1) is 5.82 Å². The van der Waals surface area contributed by atoms with Crippen molar-refractivity contribution in [2.45, 2.75) is 16.7 Å². The Balaban J connectivity index is 1.93. The molecule has 0 radical (unpaired) electrons. The largest absolute Gasteiger partial charge is 0.496 e. The maximum Gasteiger partial charge on any atom is 0.264 e. The number of benzene rings is 3. The lowest BCUT2D eigenvalue weighted by atomic mass is 10.2. The van der Waals surface area contributed by atoms with Crippen molar-refractivity contribution < 1.29 is 30.8 Å². The smallest absolute Gasteiger partial charge is 0.264 e. The van der Waals surface area contributed by atoms with Crippen LogP contribution < -0.4 is 14.8 Å². The van der Waals surface area contributed by atoms with Gasteiger partial charge in [0.15, 0.2) is 9.84 Å². The van der Waals surface area contributed by atoms with E-state index in [0.717, 1.165) is 18.2 Å². The monoisotopic (exact) mass is 526 g/mol. The average Bonchev–Trinajstić information content (AvgIpc) is 2.81. The summed E-state index contributed by atoms with van der Waals surface area (Å²) in [7, 11) is -6.63. The van der Waals surface area contributed by atoms with Crippen LogP contribution in [0.5, 0.6) is 5.75 Å². The van der Waals surface area contributed by atoms with Gasteiger partial charge in [-0.3, -0.25) is 9.52 Å². The lowest BCUT2D eigenvalue weighted by molar-refractivity contribution is 0.102. The summed E-state index contributed by atoms with van der Waals surface area (Å²) in [6.45, 7) is 1.47. The Hall–Kier alpha value is -3.15. The van der Waals surface area contributed by atoms with Crippen LogP contribution in [0.2, 0.25) is 5.02 Å². The Morgan fingerprint density at radius 1 is 0.971 bits per heavy atom. The molecule has 0 bridgehead atoms. The fourth-order valence-electron chi connectivity index (χ4n) is 2.94. The molecule has 0 heterocycles. The van der Waals surface area contributed by atoms with E-state index < -0.39 is 36.5 Å². The first-order chi connectivity index (χ1) is 16.0. The second-order valence-corrected chi connectivity index (χ2v) is 11.3. The minimum Gasteiger partial charge on any atom is -0.496 e. The molecule has 0 saturated carbocycles. The summed E-state index contributed by atoms with van der Waals surface area (Å²) in [4.78, 5) is 12.1. The third-order valence-corrected chi connectivity index (χ3v) is 8.11. The van der Waals surface area contributed by atoms with Gasteiger partial charge in [-0.25, -0.2) is 21.2 Å². The molecule has 0 aromatic heterocycles. The quantitative estimate of drug-likeness (QED) is 0.451. The number of halogens is 2. The maximum absolute atomic E-state index is 14.4. The maximum atomic E-state index is 14.4. The number of sulfone groups is 1. The number of carbonyl (C=O) groups is 1. The number of methoxy groups -OCH3 is 1. The number of sulfonamides is 1. The van der Waals surface area contributed by atoms with Gasteiger partial charge in [-0.1, -0.05) is 18.5 Å². The van der Waals surface area contributed by atoms with Gasteiger partial charge in [0.1, 0.15) is 16.5 Å². The van der Waals surface area contributed by atoms with Gasteiger partial charge in [0.2, 0.25) is 0 Å². The van der Waals surface area contributed by atoms with E-state index in [4.69, 9.17) is 16.3 Å². The Labute approximate surface area is 201 Å². The van der Waals surface area contributed by atoms with Gasteiger partial charge >= 0.3 is 0 Å². The number of anilines is 2. The summed E-state index contributed by atoms with van der Waals surface area (Å²) in [6.07, 6.45) is 0. The molecule has 3 aromatic rings. The third-order valence-electron chi connectivity index (χ3n) is 4.73. The molecule has 0 fully saturated rings. The third kappa shape index (κ3) is 5.66. The number of nitrogens with one attached hydrogen (secondary N) is 2. The zero-order valence-corrected chi connectivity index (χ0v) is 20.4. The Morgan fingerprint density at radius 2 is 1.62 bits per heavy atom. The Morgan fingerprint density at radius 3 is 2.24 bits per heavy atom. The van der Waals surface area contributed by atoms with E-state index in [9.17, 15) is 26.0 Å². The number of hydrogen-bond acceptors (Lipinski definition) is 6. The van der Waals surface area contributed by atoms with Crippen LogP contribution in [0.1, 0.15) is 17.3 Å². The Bertz CT molecular complexity index is 1440. The van der Waals surface area contributed by atoms with Gasteiger partial charge < -0.3 is 10.1 Å². The highest BCUT2D eigenvalue weighted by Crippen LogP contribution is 2.27. The predicted molar refractivity (Wildman–Crippen MR) is 127 cm³/mol. The molecule has 0 unspecified atom stereocenters. The minimum absolute atomic E-state index is 0.0336. The summed E-state index contributed by atoms with van der Waals surface area (Å²) < 4.78 is 71.6. The van der Waals surface area contributed by atoms with Gasteiger partial charge in [0.25, 0.3) is 15.9 Å². The molecular formula is C22H20ClFN2O6S2. The van der Waals surface area contributed by atoms with Crippen molar-refractivity contribution in [3.63, 3.8) is 0 Å². The molecule has 8 nitrogen and oxygen atoms in total. The molecule has 1 amide bonds. The van der Waals surface area contributed by atoms with Crippen LogP contribution in [0.3, 0.4) is 0 Å². The summed E-state index contributed by atoms with van der Waals surface area (Å²) in [5.74, 6) is -1.87. The molecule has 12 heteroatoms. The molecular weight excluding hydrogens is 507 g/mol. The summed E-state index contributed by atoms with van der Waals surface area (Å²) in [5.41, 5.74) is 0.0376. The van der Waals surface area contributed by atoms with Crippen molar-refractivity contribution in [1.29, 1.82) is 0 Å². The molecule has 0 aliphatic carbocycles. The van der Waals surface area contributed by atoms with Gasteiger partial charge in [-0.15, -0.1) is 0 Å². The first-order valence-corrected chi connectivity index (χ1v) is 13.3. The zero-order valence-electron chi connectivity index (χ0n) is 18.0. The van der Waals surface area contributed by atoms with Crippen LogP contribution in [0.4, 0.5) is 15.8 Å². The van der Waals surface area contributed by atoms with Crippen molar-refractivity contribution in [2.24, 2.45) is 0 Å². The fourth-order valence-corrected chi connectivity index (χ4v) is 5.13. The molecule has 34 heavy (non-hydrogen) atoms. The highest BCUT2D eigenvalue weighted by atomic mass is 35.5. The van der Waals surface area contributed by atoms with Crippen molar-refractivity contribution in [1.82, 2.24) is 0 Å². The minimum atomic E-state index is -4.35. The normalized spacial score (nSPS) is 11.6. The predicted octanol–water partition coefficient (Wildman–Crippen LogP) is 4.33. The number of hydrogen-bond donors (Lipinski definition) is 2. The molecule has 0 aliphatic rings. The van der Waals surface area contributed by atoms with E-state index in [2.05, 4.69) is 10.0 Å². The standard InChI is InChI=1S/C22H20ClFN2O6S2/c1-3-33(28,29)17-9-11-20(32-2)18(13-17)22(27)25-16-8-10-19(24)21(12-16)34(30,31)26-15-6-4-14(23)5-7-15/h4-13,26H,3H2,1-2H3,(H,25,27). The van der Waals surface area contributed by atoms with Crippen molar-refractivity contribution in [2.75, 3.05) is 22.9 Å². The van der Waals surface area contributed by atoms with Crippen molar-refractivity contribution in [3.05, 3.63) is 77.1 Å². The van der Waals surface area contributed by atoms with Crippen LogP contribution >= 0.6 is 11.6 Å². The van der Waals surface area contributed by atoms with E-state index in [1.165, 1.54) is 56.5 Å². The van der Waals surface area contributed by atoms with Crippen molar-refractivity contribution >= 4 is 48.7 Å². The topological polar surface area (TPSA) is 119 Å². The molecule has 3 rings (SSSR count). The number of carbonyl (C=O) groups excluding carboxylic acids is 1. The molecule has 2 N–H and O–H groups in total. The highest BCUT2D eigenvalue weighted by molar-refractivity contribution is 7.92. The zero-order chi connectivity index (χ0) is 25.1.